The smallest absolute Gasteiger partial charge is 0.475 e. The van der Waals surface area contributed by atoms with Crippen LogP contribution in [0.5, 0.6) is 0 Å². The van der Waals surface area contributed by atoms with Gasteiger partial charge in [0, 0.05) is 38.6 Å². The molecular formula is C19H22F3N5O4S. The Balaban J connectivity index is 0.000000360. The molecule has 174 valence electrons. The largest absolute Gasteiger partial charge is 0.490 e. The molecular weight excluding hydrogens is 451 g/mol. The predicted molar refractivity (Wildman–Crippen MR) is 108 cm³/mol. The van der Waals surface area contributed by atoms with Gasteiger partial charge in [-0.15, -0.1) is 10.2 Å². The van der Waals surface area contributed by atoms with E-state index in [1.165, 1.54) is 0 Å². The van der Waals surface area contributed by atoms with Crippen LogP contribution in [0.4, 0.5) is 18.3 Å². The van der Waals surface area contributed by atoms with E-state index in [1.807, 2.05) is 24.0 Å². The highest BCUT2D eigenvalue weighted by Crippen LogP contribution is 2.30. The summed E-state index contributed by atoms with van der Waals surface area (Å²) in [5, 5.41) is 17.3. The molecule has 32 heavy (non-hydrogen) atoms. The van der Waals surface area contributed by atoms with Gasteiger partial charge in [-0.2, -0.15) is 13.2 Å². The Bertz CT molecular complexity index is 927. The van der Waals surface area contributed by atoms with Gasteiger partial charge in [0.1, 0.15) is 5.01 Å². The molecule has 2 aliphatic heterocycles. The average molecular weight is 473 g/mol. The number of hydrogen-bond acceptors (Lipinski definition) is 8. The molecule has 0 unspecified atom stereocenters. The number of nitrogens with zero attached hydrogens (tertiary/aromatic N) is 5. The Hall–Kier alpha value is -2.80. The second-order valence-electron chi connectivity index (χ2n) is 7.27. The van der Waals surface area contributed by atoms with E-state index in [0.717, 1.165) is 28.7 Å². The van der Waals surface area contributed by atoms with Crippen LogP contribution in [0, 0.1) is 12.8 Å². The monoisotopic (exact) mass is 473 g/mol. The fraction of sp³-hybridized carbons (Fsp3) is 0.526. The van der Waals surface area contributed by atoms with Crippen LogP contribution < -0.4 is 4.90 Å². The number of ether oxygens (including phenoxy) is 1. The number of carboxylic acids is 1. The molecule has 0 radical (unpaired) electrons. The lowest BCUT2D eigenvalue weighted by Crippen LogP contribution is -2.49. The van der Waals surface area contributed by atoms with Crippen molar-refractivity contribution in [3.8, 4) is 0 Å². The van der Waals surface area contributed by atoms with Gasteiger partial charge in [0.25, 0.3) is 0 Å². The highest BCUT2D eigenvalue weighted by molar-refractivity contribution is 7.15. The molecule has 0 saturated carbocycles. The lowest BCUT2D eigenvalue weighted by molar-refractivity contribution is -0.192. The van der Waals surface area contributed by atoms with Crippen molar-refractivity contribution in [3.63, 3.8) is 0 Å². The van der Waals surface area contributed by atoms with Crippen molar-refractivity contribution in [2.75, 3.05) is 31.1 Å². The summed E-state index contributed by atoms with van der Waals surface area (Å²) in [5.41, 5.74) is 1.10. The molecule has 4 rings (SSSR count). The van der Waals surface area contributed by atoms with Gasteiger partial charge < -0.3 is 19.6 Å². The van der Waals surface area contributed by atoms with Crippen molar-refractivity contribution >= 4 is 28.3 Å². The van der Waals surface area contributed by atoms with Crippen molar-refractivity contribution < 1.29 is 32.6 Å². The van der Waals surface area contributed by atoms with Crippen molar-refractivity contribution in [2.45, 2.75) is 32.2 Å². The lowest BCUT2D eigenvalue weighted by atomic mass is 9.92. The van der Waals surface area contributed by atoms with Gasteiger partial charge >= 0.3 is 12.1 Å². The van der Waals surface area contributed by atoms with Gasteiger partial charge in [0.2, 0.25) is 11.0 Å². The molecule has 13 heteroatoms. The minimum atomic E-state index is -5.08. The zero-order valence-corrected chi connectivity index (χ0v) is 18.0. The number of carbonyl (C=O) groups is 2. The Labute approximate surface area is 185 Å². The molecule has 0 bridgehead atoms. The number of piperidine rings is 1. The molecule has 2 aromatic heterocycles. The zero-order valence-electron chi connectivity index (χ0n) is 17.2. The number of carboxylic acid groups (broad SMARTS) is 1. The summed E-state index contributed by atoms with van der Waals surface area (Å²) in [6.45, 7) is 5.29. The average Bonchev–Trinajstić information content (AvgIpc) is 3.13. The summed E-state index contributed by atoms with van der Waals surface area (Å²) in [7, 11) is 0. The van der Waals surface area contributed by atoms with Crippen LogP contribution >= 0.6 is 11.3 Å². The van der Waals surface area contributed by atoms with Gasteiger partial charge in [0.15, 0.2) is 0 Å². The second-order valence-corrected chi connectivity index (χ2v) is 8.43. The number of aromatic nitrogens is 3. The number of rotatable bonds is 3. The van der Waals surface area contributed by atoms with Crippen molar-refractivity contribution in [2.24, 2.45) is 5.92 Å². The maximum atomic E-state index is 13.0. The van der Waals surface area contributed by atoms with Gasteiger partial charge in [0.05, 0.1) is 18.6 Å². The first-order valence-electron chi connectivity index (χ1n) is 9.79. The Morgan fingerprint density at radius 1 is 1.28 bits per heavy atom. The number of fused-ring (bicyclic) bond motifs is 1. The van der Waals surface area contributed by atoms with Crippen LogP contribution in [0.25, 0.3) is 0 Å². The number of aliphatic carboxylic acids is 1. The van der Waals surface area contributed by atoms with E-state index in [1.54, 1.807) is 23.7 Å². The number of hydrogen-bond donors (Lipinski definition) is 1. The number of halogens is 3. The number of carbonyl (C=O) groups excluding carboxylic acids is 1. The topological polar surface area (TPSA) is 109 Å². The lowest BCUT2D eigenvalue weighted by Gasteiger charge is -2.36. The van der Waals surface area contributed by atoms with E-state index in [2.05, 4.69) is 20.1 Å². The third kappa shape index (κ3) is 6.13. The van der Waals surface area contributed by atoms with Gasteiger partial charge in [-0.05, 0) is 31.0 Å². The van der Waals surface area contributed by atoms with E-state index in [9.17, 15) is 18.0 Å². The molecule has 2 atom stereocenters. The van der Waals surface area contributed by atoms with Gasteiger partial charge in [-0.1, -0.05) is 11.3 Å². The zero-order chi connectivity index (χ0) is 23.3. The van der Waals surface area contributed by atoms with Crippen LogP contribution in [0.1, 0.15) is 17.0 Å². The molecule has 9 nitrogen and oxygen atoms in total. The van der Waals surface area contributed by atoms with Crippen molar-refractivity contribution in [3.05, 3.63) is 35.1 Å². The van der Waals surface area contributed by atoms with Crippen LogP contribution in [0.15, 0.2) is 24.5 Å². The molecule has 1 N–H and O–H groups in total. The van der Waals surface area contributed by atoms with Crippen molar-refractivity contribution in [1.29, 1.82) is 0 Å². The first kappa shape index (κ1) is 23.9. The molecule has 2 aliphatic rings. The number of aryl methyl sites for hydroxylation is 1. The van der Waals surface area contributed by atoms with Gasteiger partial charge in [-0.3, -0.25) is 9.78 Å². The van der Waals surface area contributed by atoms with E-state index in [0.29, 0.717) is 26.2 Å². The molecule has 1 amide bonds. The maximum absolute atomic E-state index is 13.0. The first-order valence-corrected chi connectivity index (χ1v) is 10.6. The summed E-state index contributed by atoms with van der Waals surface area (Å²) in [6.07, 6.45) is -0.846. The summed E-state index contributed by atoms with van der Waals surface area (Å²) in [6, 6.07) is 3.91. The third-order valence-corrected chi connectivity index (χ3v) is 5.93. The minimum absolute atomic E-state index is 0.0744. The highest BCUT2D eigenvalue weighted by Gasteiger charge is 2.40. The van der Waals surface area contributed by atoms with Crippen LogP contribution in [-0.2, 0) is 20.9 Å². The van der Waals surface area contributed by atoms with E-state index < -0.39 is 12.1 Å². The normalized spacial score (nSPS) is 21.3. The van der Waals surface area contributed by atoms with E-state index in [4.69, 9.17) is 14.6 Å². The molecule has 0 aromatic carbocycles. The molecule has 2 fully saturated rings. The van der Waals surface area contributed by atoms with Crippen LogP contribution in [-0.4, -0.2) is 75.6 Å². The van der Waals surface area contributed by atoms with Gasteiger partial charge in [-0.25, -0.2) is 4.79 Å². The molecule has 0 spiro atoms. The first-order chi connectivity index (χ1) is 15.1. The number of amides is 1. The van der Waals surface area contributed by atoms with E-state index >= 15 is 0 Å². The summed E-state index contributed by atoms with van der Waals surface area (Å²) < 4.78 is 37.8. The van der Waals surface area contributed by atoms with E-state index in [-0.39, 0.29) is 17.9 Å². The quantitative estimate of drug-likeness (QED) is 0.722. The SMILES string of the molecule is Cc1nnc(N2CC[C@H]3C(=O)N(Cc4ccncc4)CCO[C@H]3C2)s1.O=C(O)C(F)(F)F. The van der Waals surface area contributed by atoms with Crippen molar-refractivity contribution in [1.82, 2.24) is 20.1 Å². The Morgan fingerprint density at radius 3 is 2.56 bits per heavy atom. The molecule has 2 saturated heterocycles. The van der Waals surface area contributed by atoms with Crippen LogP contribution in [0.3, 0.4) is 0 Å². The second kappa shape index (κ2) is 10.2. The standard InChI is InChI=1S/C17H21N5O2S.C2HF3O2/c1-12-19-20-17(25-12)22-7-4-14-15(11-22)24-9-8-21(16(14)23)10-13-2-5-18-6-3-13;3-2(4,5)1(6)7/h2-3,5-6,14-15H,4,7-11H2,1H3;(H,6,7)/t14-,15+;/m1./s1. The number of anilines is 1. The number of alkyl halides is 3. The fourth-order valence-corrected chi connectivity index (χ4v) is 4.20. The van der Waals surface area contributed by atoms with Crippen LogP contribution in [0.2, 0.25) is 0 Å². The molecule has 0 aliphatic carbocycles. The number of pyridine rings is 1. The summed E-state index contributed by atoms with van der Waals surface area (Å²) in [5.74, 6) is -2.63. The summed E-state index contributed by atoms with van der Waals surface area (Å²) >= 11 is 1.59. The minimum Gasteiger partial charge on any atom is -0.475 e. The highest BCUT2D eigenvalue weighted by atomic mass is 32.1. The predicted octanol–water partition coefficient (Wildman–Crippen LogP) is 2.13. The Morgan fingerprint density at radius 2 is 1.97 bits per heavy atom. The fourth-order valence-electron chi connectivity index (χ4n) is 3.48. The molecule has 4 heterocycles. The summed E-state index contributed by atoms with van der Waals surface area (Å²) in [4.78, 5) is 30.1. The molecule has 2 aromatic rings. The Kier molecular flexibility index (Phi) is 7.61. The maximum Gasteiger partial charge on any atom is 0.490 e. The third-order valence-electron chi connectivity index (χ3n) is 5.03.